The van der Waals surface area contributed by atoms with E-state index in [4.69, 9.17) is 0 Å². The number of aryl methyl sites for hydroxylation is 1. The number of benzene rings is 2. The van der Waals surface area contributed by atoms with E-state index in [1.807, 2.05) is 32.9 Å². The predicted octanol–water partition coefficient (Wildman–Crippen LogP) is 4.74. The molecule has 0 saturated carbocycles. The van der Waals surface area contributed by atoms with Gasteiger partial charge in [0.05, 0.1) is 5.57 Å². The highest BCUT2D eigenvalue weighted by molar-refractivity contribution is 6.36. The maximum absolute atomic E-state index is 13.0. The minimum atomic E-state index is -4.84. The van der Waals surface area contributed by atoms with E-state index in [-0.39, 0.29) is 29.4 Å². The summed E-state index contributed by atoms with van der Waals surface area (Å²) >= 11 is 0. The number of ether oxygens (including phenoxy) is 1. The fraction of sp³-hybridized carbons (Fsp3) is 0.273. The van der Waals surface area contributed by atoms with Gasteiger partial charge in [-0.2, -0.15) is 0 Å². The number of halogens is 3. The van der Waals surface area contributed by atoms with Crippen LogP contribution in [-0.2, 0) is 9.59 Å². The maximum atomic E-state index is 13.0. The molecule has 0 aliphatic carbocycles. The zero-order chi connectivity index (χ0) is 22.1. The number of alkyl halides is 3. The summed E-state index contributed by atoms with van der Waals surface area (Å²) in [5.74, 6) is -1.34. The zero-order valence-electron chi connectivity index (χ0n) is 16.7. The van der Waals surface area contributed by atoms with Crippen molar-refractivity contribution in [3.63, 3.8) is 0 Å². The van der Waals surface area contributed by atoms with E-state index in [9.17, 15) is 22.8 Å². The highest BCUT2D eigenvalue weighted by atomic mass is 19.4. The molecule has 0 unspecified atom stereocenters. The van der Waals surface area contributed by atoms with E-state index >= 15 is 0 Å². The lowest BCUT2D eigenvalue weighted by molar-refractivity contribution is -0.274. The number of rotatable bonds is 6. The number of imide groups is 1. The average molecular weight is 418 g/mol. The molecular weight excluding hydrogens is 397 g/mol. The Hall–Kier alpha value is -3.29. The van der Waals surface area contributed by atoms with E-state index in [0.717, 1.165) is 22.6 Å². The smallest absolute Gasteiger partial charge is 0.406 e. The monoisotopic (exact) mass is 418 g/mol. The molecule has 1 heterocycles. The summed E-state index contributed by atoms with van der Waals surface area (Å²) in [6.45, 7) is 5.90. The standard InChI is InChI=1S/C22H21F3N2O3/c1-13(2)12-27-20(28)18(15-9-7-14(3)8-10-15)19(21(27)29)26-16-5-4-6-17(11-16)30-22(23,24)25/h4-11,13,26H,12H2,1-3H3. The first kappa shape index (κ1) is 21.4. The number of carbonyl (C=O) groups excluding carboxylic acids is 2. The van der Waals surface area contributed by atoms with Crippen molar-refractivity contribution in [2.24, 2.45) is 5.92 Å². The fourth-order valence-corrected chi connectivity index (χ4v) is 3.13. The molecule has 1 aliphatic heterocycles. The number of amides is 2. The number of anilines is 1. The van der Waals surface area contributed by atoms with Crippen LogP contribution in [0.15, 0.2) is 54.2 Å². The van der Waals surface area contributed by atoms with E-state index in [2.05, 4.69) is 10.1 Å². The van der Waals surface area contributed by atoms with Gasteiger partial charge in [0.1, 0.15) is 11.4 Å². The van der Waals surface area contributed by atoms with Crippen LogP contribution in [0.1, 0.15) is 25.0 Å². The summed E-state index contributed by atoms with van der Waals surface area (Å²) in [5, 5.41) is 2.83. The Labute approximate surface area is 172 Å². The summed E-state index contributed by atoms with van der Waals surface area (Å²) in [6.07, 6.45) is -4.84. The third kappa shape index (κ3) is 4.82. The normalized spacial score (nSPS) is 14.7. The second-order valence-electron chi connectivity index (χ2n) is 7.43. The minimum Gasteiger partial charge on any atom is -0.406 e. The molecule has 0 saturated heterocycles. The molecule has 2 aromatic carbocycles. The Morgan fingerprint density at radius 2 is 1.70 bits per heavy atom. The molecule has 3 rings (SSSR count). The quantitative estimate of drug-likeness (QED) is 0.689. The molecule has 0 atom stereocenters. The molecule has 0 radical (unpaired) electrons. The Kier molecular flexibility index (Phi) is 5.87. The Morgan fingerprint density at radius 3 is 2.30 bits per heavy atom. The van der Waals surface area contributed by atoms with E-state index in [1.54, 1.807) is 12.1 Å². The van der Waals surface area contributed by atoms with Crippen molar-refractivity contribution < 1.29 is 27.5 Å². The van der Waals surface area contributed by atoms with Crippen LogP contribution in [-0.4, -0.2) is 29.6 Å². The molecule has 0 bridgehead atoms. The average Bonchev–Trinajstić information content (AvgIpc) is 2.86. The van der Waals surface area contributed by atoms with Gasteiger partial charge in [-0.3, -0.25) is 14.5 Å². The van der Waals surface area contributed by atoms with Crippen molar-refractivity contribution >= 4 is 23.1 Å². The van der Waals surface area contributed by atoms with Crippen LogP contribution in [0.4, 0.5) is 18.9 Å². The molecule has 0 fully saturated rings. The second kappa shape index (κ2) is 8.22. The van der Waals surface area contributed by atoms with Crippen molar-refractivity contribution in [1.82, 2.24) is 4.90 Å². The van der Waals surface area contributed by atoms with Crippen LogP contribution in [0, 0.1) is 12.8 Å². The summed E-state index contributed by atoms with van der Waals surface area (Å²) in [5.41, 5.74) is 1.94. The second-order valence-corrected chi connectivity index (χ2v) is 7.43. The lowest BCUT2D eigenvalue weighted by Crippen LogP contribution is -2.35. The molecular formula is C22H21F3N2O3. The predicted molar refractivity (Wildman–Crippen MR) is 106 cm³/mol. The molecule has 0 aromatic heterocycles. The summed E-state index contributed by atoms with van der Waals surface area (Å²) in [6, 6.07) is 12.2. The van der Waals surface area contributed by atoms with Gasteiger partial charge in [0, 0.05) is 18.3 Å². The maximum Gasteiger partial charge on any atom is 0.573 e. The van der Waals surface area contributed by atoms with Crippen LogP contribution >= 0.6 is 0 Å². The number of hydrogen-bond acceptors (Lipinski definition) is 4. The van der Waals surface area contributed by atoms with Gasteiger partial charge in [0.2, 0.25) is 0 Å². The summed E-state index contributed by atoms with van der Waals surface area (Å²) in [7, 11) is 0. The first-order valence-corrected chi connectivity index (χ1v) is 9.35. The first-order valence-electron chi connectivity index (χ1n) is 9.35. The van der Waals surface area contributed by atoms with Gasteiger partial charge >= 0.3 is 6.36 Å². The van der Waals surface area contributed by atoms with E-state index < -0.39 is 23.9 Å². The molecule has 2 aromatic rings. The van der Waals surface area contributed by atoms with Crippen LogP contribution in [0.5, 0.6) is 5.75 Å². The van der Waals surface area contributed by atoms with Gasteiger partial charge in [-0.15, -0.1) is 13.2 Å². The topological polar surface area (TPSA) is 58.6 Å². The van der Waals surface area contributed by atoms with Gasteiger partial charge in [0.15, 0.2) is 0 Å². The third-order valence-electron chi connectivity index (χ3n) is 4.39. The molecule has 1 aliphatic rings. The summed E-state index contributed by atoms with van der Waals surface area (Å²) < 4.78 is 41.5. The lowest BCUT2D eigenvalue weighted by Gasteiger charge is -2.17. The van der Waals surface area contributed by atoms with Crippen molar-refractivity contribution in [3.8, 4) is 5.75 Å². The van der Waals surface area contributed by atoms with Crippen LogP contribution in [0.3, 0.4) is 0 Å². The lowest BCUT2D eigenvalue weighted by atomic mass is 10.0. The fourth-order valence-electron chi connectivity index (χ4n) is 3.13. The first-order chi connectivity index (χ1) is 14.0. The summed E-state index contributed by atoms with van der Waals surface area (Å²) in [4.78, 5) is 27.2. The van der Waals surface area contributed by atoms with Gasteiger partial charge in [-0.05, 0) is 30.5 Å². The van der Waals surface area contributed by atoms with Crippen LogP contribution in [0.25, 0.3) is 5.57 Å². The van der Waals surface area contributed by atoms with Gasteiger partial charge in [-0.1, -0.05) is 49.7 Å². The molecule has 8 heteroatoms. The number of nitrogens with zero attached hydrogens (tertiary/aromatic N) is 1. The van der Waals surface area contributed by atoms with Crippen LogP contribution in [0.2, 0.25) is 0 Å². The van der Waals surface area contributed by atoms with Crippen LogP contribution < -0.4 is 10.1 Å². The Bertz CT molecular complexity index is 995. The number of carbonyl (C=O) groups is 2. The molecule has 30 heavy (non-hydrogen) atoms. The highest BCUT2D eigenvalue weighted by Crippen LogP contribution is 2.32. The molecule has 158 valence electrons. The Morgan fingerprint density at radius 1 is 1.03 bits per heavy atom. The SMILES string of the molecule is Cc1ccc(C2=C(Nc3cccc(OC(F)(F)F)c3)C(=O)N(CC(C)C)C2=O)cc1. The number of nitrogens with one attached hydrogen (secondary N) is 1. The van der Waals surface area contributed by atoms with Crippen molar-refractivity contribution in [2.45, 2.75) is 27.1 Å². The largest absolute Gasteiger partial charge is 0.573 e. The van der Waals surface area contributed by atoms with Crippen molar-refractivity contribution in [3.05, 3.63) is 65.4 Å². The Balaban J connectivity index is 2.01. The van der Waals surface area contributed by atoms with Crippen molar-refractivity contribution in [2.75, 3.05) is 11.9 Å². The molecule has 0 spiro atoms. The number of hydrogen-bond donors (Lipinski definition) is 1. The van der Waals surface area contributed by atoms with Crippen molar-refractivity contribution in [1.29, 1.82) is 0 Å². The third-order valence-corrected chi connectivity index (χ3v) is 4.39. The van der Waals surface area contributed by atoms with E-state index in [0.29, 0.717) is 5.56 Å². The van der Waals surface area contributed by atoms with E-state index in [1.165, 1.54) is 12.1 Å². The molecule has 5 nitrogen and oxygen atoms in total. The minimum absolute atomic E-state index is 0.0219. The zero-order valence-corrected chi connectivity index (χ0v) is 16.7. The van der Waals surface area contributed by atoms with Gasteiger partial charge < -0.3 is 10.1 Å². The molecule has 2 amide bonds. The van der Waals surface area contributed by atoms with Gasteiger partial charge in [-0.25, -0.2) is 0 Å². The highest BCUT2D eigenvalue weighted by Gasteiger charge is 2.39. The molecule has 1 N–H and O–H groups in total. The van der Waals surface area contributed by atoms with Gasteiger partial charge in [0.25, 0.3) is 11.8 Å².